The summed E-state index contributed by atoms with van der Waals surface area (Å²) in [6.07, 6.45) is 0.828. The Morgan fingerprint density at radius 2 is 1.94 bits per heavy atom. The molecule has 16 heavy (non-hydrogen) atoms. The zero-order chi connectivity index (χ0) is 11.5. The maximum absolute atomic E-state index is 5.56. The molecule has 0 saturated heterocycles. The molecule has 0 atom stereocenters. The van der Waals surface area contributed by atoms with Crippen LogP contribution in [0.5, 0.6) is 0 Å². The van der Waals surface area contributed by atoms with E-state index in [0.717, 1.165) is 29.1 Å². The van der Waals surface area contributed by atoms with Crippen LogP contribution in [0.1, 0.15) is 17.0 Å². The van der Waals surface area contributed by atoms with Crippen LogP contribution in [0.25, 0.3) is 11.5 Å². The minimum Gasteiger partial charge on any atom is -0.330 e. The minimum absolute atomic E-state index is 0.626. The highest BCUT2D eigenvalue weighted by Crippen LogP contribution is 2.18. The van der Waals surface area contributed by atoms with Gasteiger partial charge < -0.3 is 5.73 Å². The predicted octanol–water partition coefficient (Wildman–Crippen LogP) is 1.72. The zero-order valence-corrected chi connectivity index (χ0v) is 10.2. The fourth-order valence-electron chi connectivity index (χ4n) is 1.68. The van der Waals surface area contributed by atoms with Gasteiger partial charge in [-0.2, -0.15) is 0 Å². The molecule has 84 valence electrons. The van der Waals surface area contributed by atoms with E-state index in [1.54, 1.807) is 16.8 Å². The highest BCUT2D eigenvalue weighted by Gasteiger charge is 2.10. The Kier molecular flexibility index (Phi) is 3.26. The van der Waals surface area contributed by atoms with Crippen molar-refractivity contribution in [3.8, 4) is 11.5 Å². The summed E-state index contributed by atoms with van der Waals surface area (Å²) in [5.74, 6) is 0.706. The van der Waals surface area contributed by atoms with E-state index in [1.165, 1.54) is 0 Å². The van der Waals surface area contributed by atoms with E-state index < -0.39 is 0 Å². The summed E-state index contributed by atoms with van der Waals surface area (Å²) >= 11 is 1.55. The largest absolute Gasteiger partial charge is 0.330 e. The van der Waals surface area contributed by atoms with Crippen LogP contribution in [0.4, 0.5) is 0 Å². The standard InChI is InChI=1S/C11H14N4S/c1-7-9(3-4-12)8(2)15-11(14-7)10-5-16-6-13-10/h5-6H,3-4,12H2,1-2H3. The summed E-state index contributed by atoms with van der Waals surface area (Å²) in [4.78, 5) is 13.2. The second-order valence-electron chi connectivity index (χ2n) is 3.61. The number of hydrogen-bond donors (Lipinski definition) is 1. The Morgan fingerprint density at radius 3 is 2.44 bits per heavy atom. The molecule has 0 bridgehead atoms. The first-order chi connectivity index (χ1) is 7.72. The third-order valence-corrected chi connectivity index (χ3v) is 3.06. The number of hydrogen-bond acceptors (Lipinski definition) is 5. The first-order valence-corrected chi connectivity index (χ1v) is 6.09. The van der Waals surface area contributed by atoms with Crippen LogP contribution in [0, 0.1) is 13.8 Å². The number of nitrogens with two attached hydrogens (primary N) is 1. The average molecular weight is 234 g/mol. The molecule has 2 rings (SSSR count). The van der Waals surface area contributed by atoms with Crippen LogP contribution in [-0.4, -0.2) is 21.5 Å². The molecule has 0 aliphatic rings. The number of thiazole rings is 1. The van der Waals surface area contributed by atoms with Crippen molar-refractivity contribution in [2.24, 2.45) is 5.73 Å². The maximum Gasteiger partial charge on any atom is 0.179 e. The van der Waals surface area contributed by atoms with Gasteiger partial charge in [0.15, 0.2) is 5.82 Å². The van der Waals surface area contributed by atoms with Gasteiger partial charge in [-0.3, -0.25) is 0 Å². The molecule has 2 aromatic rings. The fourth-order valence-corrected chi connectivity index (χ4v) is 2.21. The van der Waals surface area contributed by atoms with Crippen molar-refractivity contribution in [3.63, 3.8) is 0 Å². The summed E-state index contributed by atoms with van der Waals surface area (Å²) in [7, 11) is 0. The lowest BCUT2D eigenvalue weighted by Crippen LogP contribution is -2.09. The number of nitrogens with zero attached hydrogens (tertiary/aromatic N) is 3. The maximum atomic E-state index is 5.56. The number of aryl methyl sites for hydroxylation is 2. The van der Waals surface area contributed by atoms with Gasteiger partial charge in [-0.15, -0.1) is 11.3 Å². The van der Waals surface area contributed by atoms with Crippen LogP contribution in [0.2, 0.25) is 0 Å². The third-order valence-electron chi connectivity index (χ3n) is 2.48. The van der Waals surface area contributed by atoms with Crippen molar-refractivity contribution in [1.82, 2.24) is 15.0 Å². The SMILES string of the molecule is Cc1nc(-c2cscn2)nc(C)c1CCN. The first-order valence-electron chi connectivity index (χ1n) is 5.15. The van der Waals surface area contributed by atoms with E-state index in [1.807, 2.05) is 19.2 Å². The van der Waals surface area contributed by atoms with Crippen LogP contribution in [0.3, 0.4) is 0 Å². The van der Waals surface area contributed by atoms with Crippen molar-refractivity contribution < 1.29 is 0 Å². The summed E-state index contributed by atoms with van der Waals surface area (Å²) in [5.41, 5.74) is 11.4. The van der Waals surface area contributed by atoms with Crippen molar-refractivity contribution in [3.05, 3.63) is 27.8 Å². The fraction of sp³-hybridized carbons (Fsp3) is 0.364. The molecule has 0 unspecified atom stereocenters. The van der Waals surface area contributed by atoms with Gasteiger partial charge in [0, 0.05) is 16.8 Å². The summed E-state index contributed by atoms with van der Waals surface area (Å²) < 4.78 is 0. The van der Waals surface area contributed by atoms with Crippen LogP contribution < -0.4 is 5.73 Å². The van der Waals surface area contributed by atoms with E-state index in [-0.39, 0.29) is 0 Å². The quantitative estimate of drug-likeness (QED) is 0.878. The van der Waals surface area contributed by atoms with Gasteiger partial charge in [0.05, 0.1) is 5.51 Å². The Bertz CT molecular complexity index is 456. The van der Waals surface area contributed by atoms with Crippen molar-refractivity contribution in [1.29, 1.82) is 0 Å². The Balaban J connectivity index is 2.45. The van der Waals surface area contributed by atoms with Gasteiger partial charge in [0.25, 0.3) is 0 Å². The zero-order valence-electron chi connectivity index (χ0n) is 9.40. The van der Waals surface area contributed by atoms with Gasteiger partial charge >= 0.3 is 0 Å². The molecule has 0 radical (unpaired) electrons. The highest BCUT2D eigenvalue weighted by atomic mass is 32.1. The lowest BCUT2D eigenvalue weighted by atomic mass is 10.1. The molecular weight excluding hydrogens is 220 g/mol. The van der Waals surface area contributed by atoms with Crippen LogP contribution in [-0.2, 0) is 6.42 Å². The van der Waals surface area contributed by atoms with E-state index in [2.05, 4.69) is 15.0 Å². The second-order valence-corrected chi connectivity index (χ2v) is 4.33. The van der Waals surface area contributed by atoms with Gasteiger partial charge in [-0.25, -0.2) is 15.0 Å². The Hall–Kier alpha value is -1.33. The summed E-state index contributed by atoms with van der Waals surface area (Å²) in [6, 6.07) is 0. The smallest absolute Gasteiger partial charge is 0.179 e. The second kappa shape index (κ2) is 4.67. The van der Waals surface area contributed by atoms with E-state index in [4.69, 9.17) is 5.73 Å². The third kappa shape index (κ3) is 2.10. The Labute approximate surface area is 98.6 Å². The molecule has 0 aromatic carbocycles. The first kappa shape index (κ1) is 11.2. The molecule has 0 saturated carbocycles. The monoisotopic (exact) mass is 234 g/mol. The molecule has 0 aliphatic heterocycles. The predicted molar refractivity (Wildman–Crippen MR) is 65.4 cm³/mol. The van der Waals surface area contributed by atoms with Gasteiger partial charge in [0.2, 0.25) is 0 Å². The summed E-state index contributed by atoms with van der Waals surface area (Å²) in [5, 5.41) is 1.96. The summed E-state index contributed by atoms with van der Waals surface area (Å²) in [6.45, 7) is 4.62. The molecule has 2 N–H and O–H groups in total. The molecule has 0 fully saturated rings. The molecular formula is C11H14N4S. The molecule has 5 heteroatoms. The molecule has 0 amide bonds. The van der Waals surface area contributed by atoms with E-state index in [0.29, 0.717) is 12.4 Å². The van der Waals surface area contributed by atoms with Gasteiger partial charge in [0.1, 0.15) is 5.69 Å². The average Bonchev–Trinajstić information content (AvgIpc) is 2.76. The van der Waals surface area contributed by atoms with E-state index in [9.17, 15) is 0 Å². The lowest BCUT2D eigenvalue weighted by Gasteiger charge is -2.08. The van der Waals surface area contributed by atoms with Gasteiger partial charge in [-0.1, -0.05) is 0 Å². The molecule has 0 aliphatic carbocycles. The topological polar surface area (TPSA) is 64.7 Å². The number of aromatic nitrogens is 3. The highest BCUT2D eigenvalue weighted by molar-refractivity contribution is 7.07. The van der Waals surface area contributed by atoms with Crippen molar-refractivity contribution in [2.75, 3.05) is 6.54 Å². The van der Waals surface area contributed by atoms with E-state index >= 15 is 0 Å². The van der Waals surface area contributed by atoms with Crippen molar-refractivity contribution >= 4 is 11.3 Å². The molecule has 0 spiro atoms. The minimum atomic E-state index is 0.626. The molecule has 4 nitrogen and oxygen atoms in total. The van der Waals surface area contributed by atoms with Crippen LogP contribution >= 0.6 is 11.3 Å². The van der Waals surface area contributed by atoms with Crippen LogP contribution in [0.15, 0.2) is 10.9 Å². The Morgan fingerprint density at radius 1 is 1.25 bits per heavy atom. The molecule has 2 heterocycles. The van der Waals surface area contributed by atoms with Crippen molar-refractivity contribution in [2.45, 2.75) is 20.3 Å². The molecule has 2 aromatic heterocycles. The lowest BCUT2D eigenvalue weighted by molar-refractivity contribution is 0.897. The van der Waals surface area contributed by atoms with Gasteiger partial charge in [-0.05, 0) is 32.4 Å². The number of rotatable bonds is 3. The normalized spacial score (nSPS) is 10.7.